The zero-order valence-electron chi connectivity index (χ0n) is 11.4. The molecule has 106 valence electrons. The second-order valence-electron chi connectivity index (χ2n) is 4.40. The van der Waals surface area contributed by atoms with Gasteiger partial charge in [0.1, 0.15) is 11.6 Å². The van der Waals surface area contributed by atoms with E-state index in [-0.39, 0.29) is 5.82 Å². The lowest BCUT2D eigenvalue weighted by molar-refractivity contribution is 0.627. The molecule has 2 aromatic rings. The molecular formula is C14H16FIN4. The molecule has 0 unspecified atom stereocenters. The number of aromatic nitrogens is 2. The number of anilines is 3. The van der Waals surface area contributed by atoms with Crippen LogP contribution in [0.2, 0.25) is 0 Å². The van der Waals surface area contributed by atoms with Gasteiger partial charge in [-0.25, -0.2) is 9.37 Å². The van der Waals surface area contributed by atoms with Crippen LogP contribution in [0.5, 0.6) is 0 Å². The molecule has 0 atom stereocenters. The SMILES string of the molecule is CCCNc1ncc(C)c(Nc2ccc(F)cc2I)n1. The Balaban J connectivity index is 2.23. The molecule has 0 saturated heterocycles. The Morgan fingerprint density at radius 2 is 2.15 bits per heavy atom. The van der Waals surface area contributed by atoms with Gasteiger partial charge in [0.15, 0.2) is 0 Å². The van der Waals surface area contributed by atoms with Crippen molar-refractivity contribution < 1.29 is 4.39 Å². The Hall–Kier alpha value is -1.44. The Labute approximate surface area is 131 Å². The normalized spacial score (nSPS) is 10.4. The summed E-state index contributed by atoms with van der Waals surface area (Å²) in [7, 11) is 0. The van der Waals surface area contributed by atoms with E-state index in [9.17, 15) is 4.39 Å². The summed E-state index contributed by atoms with van der Waals surface area (Å²) in [6.07, 6.45) is 2.78. The number of nitrogens with zero attached hydrogens (tertiary/aromatic N) is 2. The molecular weight excluding hydrogens is 370 g/mol. The molecule has 0 radical (unpaired) electrons. The highest BCUT2D eigenvalue weighted by Crippen LogP contribution is 2.24. The lowest BCUT2D eigenvalue weighted by Crippen LogP contribution is -2.07. The Morgan fingerprint density at radius 3 is 2.85 bits per heavy atom. The van der Waals surface area contributed by atoms with Crippen LogP contribution in [0.15, 0.2) is 24.4 Å². The average molecular weight is 386 g/mol. The van der Waals surface area contributed by atoms with E-state index in [0.717, 1.165) is 33.6 Å². The molecule has 0 bridgehead atoms. The first-order chi connectivity index (χ1) is 9.60. The highest BCUT2D eigenvalue weighted by Gasteiger charge is 2.07. The van der Waals surface area contributed by atoms with Crippen LogP contribution in [0, 0.1) is 16.3 Å². The summed E-state index contributed by atoms with van der Waals surface area (Å²) >= 11 is 2.09. The van der Waals surface area contributed by atoms with Crippen molar-refractivity contribution in [1.82, 2.24) is 9.97 Å². The summed E-state index contributed by atoms with van der Waals surface area (Å²) in [6, 6.07) is 4.62. The molecule has 0 spiro atoms. The van der Waals surface area contributed by atoms with Gasteiger partial charge in [-0.15, -0.1) is 0 Å². The van der Waals surface area contributed by atoms with E-state index in [1.807, 2.05) is 6.92 Å². The second-order valence-corrected chi connectivity index (χ2v) is 5.56. The standard InChI is InChI=1S/C14H16FIN4/c1-3-6-17-14-18-8-9(2)13(20-14)19-12-5-4-10(15)7-11(12)16/h4-5,7-8H,3,6H2,1-2H3,(H2,17,18,19,20). The average Bonchev–Trinajstić information content (AvgIpc) is 2.42. The number of halogens is 2. The van der Waals surface area contributed by atoms with E-state index < -0.39 is 0 Å². The molecule has 2 rings (SSSR count). The van der Waals surface area contributed by atoms with E-state index in [4.69, 9.17) is 0 Å². The lowest BCUT2D eigenvalue weighted by Gasteiger charge is -2.12. The number of benzene rings is 1. The summed E-state index contributed by atoms with van der Waals surface area (Å²) in [4.78, 5) is 8.67. The third kappa shape index (κ3) is 3.78. The maximum atomic E-state index is 13.1. The fourth-order valence-corrected chi connectivity index (χ4v) is 2.22. The van der Waals surface area contributed by atoms with E-state index >= 15 is 0 Å². The first-order valence-electron chi connectivity index (χ1n) is 6.39. The first-order valence-corrected chi connectivity index (χ1v) is 7.47. The summed E-state index contributed by atoms with van der Waals surface area (Å²) in [5.74, 6) is 1.07. The minimum absolute atomic E-state index is 0.246. The smallest absolute Gasteiger partial charge is 0.224 e. The molecule has 6 heteroatoms. The van der Waals surface area contributed by atoms with E-state index in [1.54, 1.807) is 12.3 Å². The minimum Gasteiger partial charge on any atom is -0.354 e. The van der Waals surface area contributed by atoms with Gasteiger partial charge in [0.2, 0.25) is 5.95 Å². The van der Waals surface area contributed by atoms with Gasteiger partial charge in [-0.1, -0.05) is 6.92 Å². The fourth-order valence-electron chi connectivity index (χ4n) is 1.61. The van der Waals surface area contributed by atoms with Crippen LogP contribution in [0.3, 0.4) is 0 Å². The fraction of sp³-hybridized carbons (Fsp3) is 0.286. The van der Waals surface area contributed by atoms with E-state index in [2.05, 4.69) is 50.1 Å². The predicted molar refractivity (Wildman–Crippen MR) is 87.9 cm³/mol. The van der Waals surface area contributed by atoms with Gasteiger partial charge in [-0.05, 0) is 54.1 Å². The van der Waals surface area contributed by atoms with Crippen LogP contribution in [0.4, 0.5) is 21.8 Å². The number of aryl methyl sites for hydroxylation is 1. The minimum atomic E-state index is -0.246. The first kappa shape index (κ1) is 15.0. The van der Waals surface area contributed by atoms with Crippen molar-refractivity contribution in [2.75, 3.05) is 17.2 Å². The third-order valence-electron chi connectivity index (χ3n) is 2.69. The Morgan fingerprint density at radius 1 is 1.35 bits per heavy atom. The number of hydrogen-bond donors (Lipinski definition) is 2. The molecule has 1 heterocycles. The van der Waals surface area contributed by atoms with Crippen molar-refractivity contribution >= 4 is 40.0 Å². The highest BCUT2D eigenvalue weighted by molar-refractivity contribution is 14.1. The van der Waals surface area contributed by atoms with Gasteiger partial charge in [0, 0.05) is 21.9 Å². The zero-order valence-corrected chi connectivity index (χ0v) is 13.5. The second kappa shape index (κ2) is 6.83. The van der Waals surface area contributed by atoms with Crippen molar-refractivity contribution in [3.8, 4) is 0 Å². The van der Waals surface area contributed by atoms with Crippen LogP contribution < -0.4 is 10.6 Å². The monoisotopic (exact) mass is 386 g/mol. The van der Waals surface area contributed by atoms with Crippen LogP contribution in [-0.2, 0) is 0 Å². The van der Waals surface area contributed by atoms with Gasteiger partial charge in [0.05, 0.1) is 5.69 Å². The van der Waals surface area contributed by atoms with Gasteiger partial charge < -0.3 is 10.6 Å². The summed E-state index contributed by atoms with van der Waals surface area (Å²) in [5.41, 5.74) is 1.77. The van der Waals surface area contributed by atoms with Crippen molar-refractivity contribution in [3.63, 3.8) is 0 Å². The predicted octanol–water partition coefficient (Wildman–Crippen LogP) is 4.09. The maximum absolute atomic E-state index is 13.1. The van der Waals surface area contributed by atoms with Crippen LogP contribution in [-0.4, -0.2) is 16.5 Å². The van der Waals surface area contributed by atoms with Gasteiger partial charge in [-0.3, -0.25) is 0 Å². The van der Waals surface area contributed by atoms with E-state index in [1.165, 1.54) is 12.1 Å². The highest BCUT2D eigenvalue weighted by atomic mass is 127. The molecule has 0 aliphatic rings. The summed E-state index contributed by atoms with van der Waals surface area (Å²) < 4.78 is 13.9. The molecule has 4 nitrogen and oxygen atoms in total. The van der Waals surface area contributed by atoms with Crippen molar-refractivity contribution in [2.45, 2.75) is 20.3 Å². The molecule has 0 aliphatic carbocycles. The quantitative estimate of drug-likeness (QED) is 0.760. The van der Waals surface area contributed by atoms with Crippen LogP contribution in [0.1, 0.15) is 18.9 Å². The van der Waals surface area contributed by atoms with Gasteiger partial charge >= 0.3 is 0 Å². The van der Waals surface area contributed by atoms with Gasteiger partial charge in [0.25, 0.3) is 0 Å². The molecule has 1 aromatic heterocycles. The third-order valence-corrected chi connectivity index (χ3v) is 3.58. The summed E-state index contributed by atoms with van der Waals surface area (Å²) in [5, 5.41) is 6.37. The molecule has 0 amide bonds. The molecule has 1 aromatic carbocycles. The van der Waals surface area contributed by atoms with Crippen LogP contribution in [0.25, 0.3) is 0 Å². The topological polar surface area (TPSA) is 49.8 Å². The van der Waals surface area contributed by atoms with Crippen molar-refractivity contribution in [2.24, 2.45) is 0 Å². The Bertz CT molecular complexity index is 604. The Kier molecular flexibility index (Phi) is 5.11. The molecule has 20 heavy (non-hydrogen) atoms. The van der Waals surface area contributed by atoms with Crippen molar-refractivity contribution in [1.29, 1.82) is 0 Å². The maximum Gasteiger partial charge on any atom is 0.224 e. The number of nitrogens with one attached hydrogen (secondary N) is 2. The molecule has 0 fully saturated rings. The van der Waals surface area contributed by atoms with Gasteiger partial charge in [-0.2, -0.15) is 4.98 Å². The largest absolute Gasteiger partial charge is 0.354 e. The number of rotatable bonds is 5. The molecule has 0 aliphatic heterocycles. The summed E-state index contributed by atoms with van der Waals surface area (Å²) in [6.45, 7) is 4.85. The number of hydrogen-bond acceptors (Lipinski definition) is 4. The van der Waals surface area contributed by atoms with Crippen LogP contribution >= 0.6 is 22.6 Å². The molecule has 2 N–H and O–H groups in total. The van der Waals surface area contributed by atoms with E-state index in [0.29, 0.717) is 5.95 Å². The molecule has 0 saturated carbocycles. The zero-order chi connectivity index (χ0) is 14.5. The van der Waals surface area contributed by atoms with Crippen molar-refractivity contribution in [3.05, 3.63) is 39.3 Å². The lowest BCUT2D eigenvalue weighted by atomic mass is 10.3.